The summed E-state index contributed by atoms with van der Waals surface area (Å²) in [4.78, 5) is 0. The minimum Gasteiger partial charge on any atom is -0.390 e. The van der Waals surface area contributed by atoms with Gasteiger partial charge in [0, 0.05) is 24.2 Å². The molecule has 2 aromatic rings. The van der Waals surface area contributed by atoms with Crippen LogP contribution in [-0.2, 0) is 17.4 Å². The monoisotopic (exact) mass is 541 g/mol. The summed E-state index contributed by atoms with van der Waals surface area (Å²) < 4.78 is 28.0. The van der Waals surface area contributed by atoms with Crippen LogP contribution in [0.3, 0.4) is 0 Å². The van der Waals surface area contributed by atoms with E-state index >= 15 is 0 Å². The Kier molecular flexibility index (Phi) is 10.6. The molecule has 2 atom stereocenters. The van der Waals surface area contributed by atoms with Gasteiger partial charge in [-0.05, 0) is 98.3 Å². The summed E-state index contributed by atoms with van der Waals surface area (Å²) in [6.07, 6.45) is 8.67. The third-order valence-electron chi connectivity index (χ3n) is 8.90. The highest BCUT2D eigenvalue weighted by molar-refractivity contribution is 5.34. The van der Waals surface area contributed by atoms with Gasteiger partial charge in [0.2, 0.25) is 0 Å². The summed E-state index contributed by atoms with van der Waals surface area (Å²) >= 11 is 0. The van der Waals surface area contributed by atoms with Crippen LogP contribution in [0, 0.1) is 17.6 Å². The predicted molar refractivity (Wildman–Crippen MR) is 156 cm³/mol. The fourth-order valence-electron chi connectivity index (χ4n) is 6.42. The summed E-state index contributed by atoms with van der Waals surface area (Å²) in [6.45, 7) is 10.0. The van der Waals surface area contributed by atoms with Crippen LogP contribution < -0.4 is 16.0 Å². The predicted octanol–water partition coefficient (Wildman–Crippen LogP) is 5.96. The van der Waals surface area contributed by atoms with Gasteiger partial charge in [-0.15, -0.1) is 0 Å². The summed E-state index contributed by atoms with van der Waals surface area (Å²) in [5.41, 5.74) is 3.07. The molecule has 2 fully saturated rings. The Morgan fingerprint density at radius 2 is 1.69 bits per heavy atom. The van der Waals surface area contributed by atoms with Crippen molar-refractivity contribution in [1.29, 1.82) is 0 Å². The molecule has 2 unspecified atom stereocenters. The van der Waals surface area contributed by atoms with Gasteiger partial charge in [-0.3, -0.25) is 0 Å². The largest absolute Gasteiger partial charge is 0.390 e. The molecule has 1 aliphatic heterocycles. The molecular formula is C33H49F2N3O. The zero-order valence-electron chi connectivity index (χ0n) is 24.2. The Morgan fingerprint density at radius 3 is 2.36 bits per heavy atom. The zero-order valence-corrected chi connectivity index (χ0v) is 24.2. The summed E-state index contributed by atoms with van der Waals surface area (Å²) in [6, 6.07) is 12.3. The molecule has 1 saturated carbocycles. The van der Waals surface area contributed by atoms with Gasteiger partial charge < -0.3 is 21.1 Å². The average molecular weight is 542 g/mol. The summed E-state index contributed by atoms with van der Waals surface area (Å²) in [7, 11) is 0. The number of halogens is 2. The van der Waals surface area contributed by atoms with E-state index in [-0.39, 0.29) is 17.0 Å². The Balaban J connectivity index is 1.48. The molecule has 0 radical (unpaired) electrons. The van der Waals surface area contributed by atoms with Crippen LogP contribution in [0.4, 0.5) is 8.78 Å². The smallest absolute Gasteiger partial charge is 0.126 e. The van der Waals surface area contributed by atoms with Crippen molar-refractivity contribution >= 4 is 0 Å². The molecule has 216 valence electrons. The fraction of sp³-hybridized carbons (Fsp3) is 0.636. The van der Waals surface area contributed by atoms with Gasteiger partial charge in [0.15, 0.2) is 0 Å². The number of aliphatic hydroxyl groups excluding tert-OH is 1. The molecule has 0 spiro atoms. The van der Waals surface area contributed by atoms with Crippen LogP contribution in [0.2, 0.25) is 0 Å². The molecule has 4 N–H and O–H groups in total. The molecular weight excluding hydrogens is 492 g/mol. The molecule has 4 rings (SSSR count). The highest BCUT2D eigenvalue weighted by atomic mass is 19.1. The molecule has 0 amide bonds. The second-order valence-electron chi connectivity index (χ2n) is 12.9. The summed E-state index contributed by atoms with van der Waals surface area (Å²) in [5.74, 6) is -0.487. The highest BCUT2D eigenvalue weighted by Gasteiger charge is 2.35. The Labute approximate surface area is 234 Å². The van der Waals surface area contributed by atoms with Crippen molar-refractivity contribution in [3.63, 3.8) is 0 Å². The van der Waals surface area contributed by atoms with Gasteiger partial charge in [-0.25, -0.2) is 8.78 Å². The summed E-state index contributed by atoms with van der Waals surface area (Å²) in [5, 5.41) is 22.3. The van der Waals surface area contributed by atoms with Crippen LogP contribution >= 0.6 is 0 Å². The van der Waals surface area contributed by atoms with Crippen molar-refractivity contribution in [3.05, 3.63) is 70.8 Å². The number of aliphatic hydroxyl groups is 1. The first-order chi connectivity index (χ1) is 18.6. The molecule has 2 aromatic carbocycles. The van der Waals surface area contributed by atoms with Crippen molar-refractivity contribution in [2.24, 2.45) is 5.92 Å². The van der Waals surface area contributed by atoms with E-state index in [2.05, 4.69) is 61.0 Å². The zero-order chi connectivity index (χ0) is 27.9. The quantitative estimate of drug-likeness (QED) is 0.284. The van der Waals surface area contributed by atoms with Gasteiger partial charge in [0.05, 0.1) is 6.10 Å². The van der Waals surface area contributed by atoms with Crippen molar-refractivity contribution in [1.82, 2.24) is 16.0 Å². The van der Waals surface area contributed by atoms with E-state index < -0.39 is 17.7 Å². The second kappa shape index (κ2) is 13.7. The van der Waals surface area contributed by atoms with E-state index in [1.165, 1.54) is 42.5 Å². The van der Waals surface area contributed by atoms with Gasteiger partial charge in [-0.2, -0.15) is 0 Å². The Bertz CT molecular complexity index is 1020. The fourth-order valence-corrected chi connectivity index (χ4v) is 6.42. The number of hydrogen-bond donors (Lipinski definition) is 4. The lowest BCUT2D eigenvalue weighted by molar-refractivity contribution is 0.102. The van der Waals surface area contributed by atoms with E-state index in [0.717, 1.165) is 57.8 Å². The third kappa shape index (κ3) is 8.56. The van der Waals surface area contributed by atoms with Crippen molar-refractivity contribution in [2.75, 3.05) is 26.2 Å². The second-order valence-corrected chi connectivity index (χ2v) is 12.9. The molecule has 6 heteroatoms. The molecule has 1 aliphatic carbocycles. The number of hydrogen-bond acceptors (Lipinski definition) is 4. The van der Waals surface area contributed by atoms with Crippen molar-refractivity contribution in [2.45, 2.75) is 102 Å². The number of rotatable bonds is 11. The van der Waals surface area contributed by atoms with Gasteiger partial charge >= 0.3 is 0 Å². The van der Waals surface area contributed by atoms with Gasteiger partial charge in [0.1, 0.15) is 11.6 Å². The lowest BCUT2D eigenvalue weighted by Gasteiger charge is -2.41. The van der Waals surface area contributed by atoms with E-state index in [1.807, 2.05) is 0 Å². The minimum absolute atomic E-state index is 0.0645. The lowest BCUT2D eigenvalue weighted by atomic mass is 9.74. The minimum atomic E-state index is -0.700. The van der Waals surface area contributed by atoms with Gasteiger partial charge in [-0.1, -0.05) is 64.3 Å². The average Bonchev–Trinajstić information content (AvgIpc) is 2.91. The number of nitrogens with one attached hydrogen (secondary N) is 3. The van der Waals surface area contributed by atoms with E-state index in [1.54, 1.807) is 0 Å². The number of piperidine rings is 1. The first kappa shape index (κ1) is 30.1. The van der Waals surface area contributed by atoms with Crippen LogP contribution in [0.1, 0.15) is 88.8 Å². The van der Waals surface area contributed by atoms with Crippen LogP contribution in [0.25, 0.3) is 0 Å². The number of benzene rings is 2. The molecule has 2 aliphatic rings. The molecule has 0 aromatic heterocycles. The molecule has 1 saturated heterocycles. The molecule has 4 nitrogen and oxygen atoms in total. The maximum atomic E-state index is 14.0. The SMILES string of the molecule is CC(C)(C)c1cccc(C2(NCC(O)C(Cc3cc(F)cc(F)c3)NCCC3CCNCC3)CCCCC2)c1. The van der Waals surface area contributed by atoms with Crippen molar-refractivity contribution in [3.8, 4) is 0 Å². The standard InChI is InChI=1S/C33H49F2N3O/c1-32(2,3)26-8-7-9-27(21-26)33(13-5-4-6-14-33)38-23-31(39)30(20-25-18-28(34)22-29(35)19-25)37-17-12-24-10-15-36-16-11-24/h7-9,18-19,21-22,24,30-31,36-39H,4-6,10-17,20,23H2,1-3H3. The Morgan fingerprint density at radius 1 is 1.00 bits per heavy atom. The van der Waals surface area contributed by atoms with Gasteiger partial charge in [0.25, 0.3) is 0 Å². The Hall–Kier alpha value is -1.86. The molecule has 1 heterocycles. The van der Waals surface area contributed by atoms with E-state index in [4.69, 9.17) is 0 Å². The van der Waals surface area contributed by atoms with Crippen molar-refractivity contribution < 1.29 is 13.9 Å². The van der Waals surface area contributed by atoms with Crippen LogP contribution in [0.5, 0.6) is 0 Å². The maximum absolute atomic E-state index is 14.0. The van der Waals surface area contributed by atoms with Crippen LogP contribution in [-0.4, -0.2) is 43.4 Å². The normalized spacial score (nSPS) is 20.1. The molecule has 0 bridgehead atoms. The first-order valence-electron chi connectivity index (χ1n) is 15.1. The maximum Gasteiger partial charge on any atom is 0.126 e. The van der Waals surface area contributed by atoms with E-state index in [0.29, 0.717) is 24.4 Å². The topological polar surface area (TPSA) is 56.3 Å². The first-order valence-corrected chi connectivity index (χ1v) is 15.1. The van der Waals surface area contributed by atoms with Crippen LogP contribution in [0.15, 0.2) is 42.5 Å². The molecule has 39 heavy (non-hydrogen) atoms. The highest BCUT2D eigenvalue weighted by Crippen LogP contribution is 2.38. The lowest BCUT2D eigenvalue weighted by Crippen LogP contribution is -2.52. The van der Waals surface area contributed by atoms with E-state index in [9.17, 15) is 13.9 Å². The third-order valence-corrected chi connectivity index (χ3v) is 8.90.